The van der Waals surface area contributed by atoms with E-state index in [2.05, 4.69) is 11.9 Å². The Balaban J connectivity index is 2.94. The van der Waals surface area contributed by atoms with Crippen molar-refractivity contribution in [3.05, 3.63) is 17.2 Å². The van der Waals surface area contributed by atoms with Crippen LogP contribution in [0.1, 0.15) is 46.2 Å². The Morgan fingerprint density at radius 2 is 2.21 bits per heavy atom. The summed E-state index contributed by atoms with van der Waals surface area (Å²) in [7, 11) is 0. The van der Waals surface area contributed by atoms with Crippen molar-refractivity contribution in [1.82, 2.24) is 4.98 Å². The molecule has 1 heterocycles. The van der Waals surface area contributed by atoms with Crippen molar-refractivity contribution in [3.63, 3.8) is 0 Å². The standard InChI is InChI=1S/C14H22N2O2S/c1-5-6-7-18-12(17)10(8-14(2,3)4)11-9-19-13(15)16-11/h8-9H,5-7H2,1-4H3,(H2,15,16). The number of ether oxygens (including phenoxy) is 1. The van der Waals surface area contributed by atoms with E-state index in [0.29, 0.717) is 23.0 Å². The zero-order chi connectivity index (χ0) is 14.5. The van der Waals surface area contributed by atoms with E-state index in [-0.39, 0.29) is 11.4 Å². The highest BCUT2D eigenvalue weighted by Gasteiger charge is 2.20. The molecule has 106 valence electrons. The van der Waals surface area contributed by atoms with E-state index in [1.165, 1.54) is 11.3 Å². The maximum atomic E-state index is 12.1. The molecule has 2 N–H and O–H groups in total. The van der Waals surface area contributed by atoms with Crippen LogP contribution in [0.3, 0.4) is 0 Å². The second-order valence-electron chi connectivity index (χ2n) is 5.48. The number of nitrogens with two attached hydrogens (primary N) is 1. The summed E-state index contributed by atoms with van der Waals surface area (Å²) in [5, 5.41) is 2.24. The summed E-state index contributed by atoms with van der Waals surface area (Å²) in [6.07, 6.45) is 3.75. The molecule has 0 aliphatic carbocycles. The minimum absolute atomic E-state index is 0.127. The number of aromatic nitrogens is 1. The van der Waals surface area contributed by atoms with Crippen LogP contribution < -0.4 is 5.73 Å². The molecule has 0 amide bonds. The van der Waals surface area contributed by atoms with Gasteiger partial charge in [-0.05, 0) is 11.8 Å². The maximum absolute atomic E-state index is 12.1. The molecule has 0 saturated heterocycles. The van der Waals surface area contributed by atoms with E-state index in [1.807, 2.05) is 26.8 Å². The zero-order valence-corrected chi connectivity index (χ0v) is 12.8. The third kappa shape index (κ3) is 5.42. The van der Waals surface area contributed by atoms with E-state index in [9.17, 15) is 4.79 Å². The summed E-state index contributed by atoms with van der Waals surface area (Å²) in [6.45, 7) is 8.59. The molecule has 5 heteroatoms. The van der Waals surface area contributed by atoms with Gasteiger partial charge in [-0.15, -0.1) is 11.3 Å². The van der Waals surface area contributed by atoms with Crippen LogP contribution in [0.5, 0.6) is 0 Å². The minimum Gasteiger partial charge on any atom is -0.462 e. The molecule has 0 radical (unpaired) electrons. The van der Waals surface area contributed by atoms with Crippen molar-refractivity contribution in [1.29, 1.82) is 0 Å². The van der Waals surface area contributed by atoms with Gasteiger partial charge in [0.1, 0.15) is 0 Å². The molecule has 0 aliphatic rings. The van der Waals surface area contributed by atoms with E-state index < -0.39 is 0 Å². The molecular formula is C14H22N2O2S. The lowest BCUT2D eigenvalue weighted by Crippen LogP contribution is -2.12. The second-order valence-corrected chi connectivity index (χ2v) is 6.37. The number of carbonyl (C=O) groups is 1. The Morgan fingerprint density at radius 1 is 1.53 bits per heavy atom. The monoisotopic (exact) mass is 282 g/mol. The topological polar surface area (TPSA) is 65.2 Å². The summed E-state index contributed by atoms with van der Waals surface area (Å²) in [6, 6.07) is 0. The molecule has 0 atom stereocenters. The number of allylic oxidation sites excluding steroid dienone is 1. The van der Waals surface area contributed by atoms with Crippen molar-refractivity contribution >= 4 is 28.0 Å². The summed E-state index contributed by atoms with van der Waals surface area (Å²) in [5.41, 5.74) is 6.60. The Morgan fingerprint density at radius 3 is 2.68 bits per heavy atom. The number of nitrogens with zero attached hydrogens (tertiary/aromatic N) is 1. The van der Waals surface area contributed by atoms with Gasteiger partial charge in [0.2, 0.25) is 0 Å². The van der Waals surface area contributed by atoms with E-state index in [4.69, 9.17) is 10.5 Å². The van der Waals surface area contributed by atoms with Crippen LogP contribution in [-0.4, -0.2) is 17.6 Å². The average Bonchev–Trinajstić information content (AvgIpc) is 2.71. The van der Waals surface area contributed by atoms with Crippen LogP contribution in [0.25, 0.3) is 5.57 Å². The molecule has 0 fully saturated rings. The fraction of sp³-hybridized carbons (Fsp3) is 0.571. The molecule has 0 aromatic carbocycles. The maximum Gasteiger partial charge on any atom is 0.340 e. The van der Waals surface area contributed by atoms with Gasteiger partial charge in [-0.3, -0.25) is 0 Å². The molecular weight excluding hydrogens is 260 g/mol. The van der Waals surface area contributed by atoms with Crippen LogP contribution in [-0.2, 0) is 9.53 Å². The smallest absolute Gasteiger partial charge is 0.340 e. The highest BCUT2D eigenvalue weighted by Crippen LogP contribution is 2.26. The number of hydrogen-bond donors (Lipinski definition) is 1. The highest BCUT2D eigenvalue weighted by molar-refractivity contribution is 7.13. The predicted octanol–water partition coefficient (Wildman–Crippen LogP) is 3.50. The molecule has 4 nitrogen and oxygen atoms in total. The Hall–Kier alpha value is -1.36. The van der Waals surface area contributed by atoms with Crippen LogP contribution in [0.15, 0.2) is 11.5 Å². The van der Waals surface area contributed by atoms with Crippen molar-refractivity contribution in [3.8, 4) is 0 Å². The number of unbranched alkanes of at least 4 members (excludes halogenated alkanes) is 1. The summed E-state index contributed by atoms with van der Waals surface area (Å²) in [4.78, 5) is 16.3. The van der Waals surface area contributed by atoms with Crippen molar-refractivity contribution < 1.29 is 9.53 Å². The molecule has 0 unspecified atom stereocenters. The quantitative estimate of drug-likeness (QED) is 0.510. The third-order valence-corrected chi connectivity index (χ3v) is 3.00. The number of hydrogen-bond acceptors (Lipinski definition) is 5. The number of thiazole rings is 1. The highest BCUT2D eigenvalue weighted by atomic mass is 32.1. The molecule has 0 spiro atoms. The van der Waals surface area contributed by atoms with Gasteiger partial charge in [0.25, 0.3) is 0 Å². The second kappa shape index (κ2) is 6.70. The van der Waals surface area contributed by atoms with E-state index >= 15 is 0 Å². The summed E-state index contributed by atoms with van der Waals surface area (Å²) < 4.78 is 5.27. The van der Waals surface area contributed by atoms with Gasteiger partial charge in [0, 0.05) is 5.38 Å². The Kier molecular flexibility index (Phi) is 5.54. The van der Waals surface area contributed by atoms with Gasteiger partial charge in [-0.25, -0.2) is 9.78 Å². The first-order chi connectivity index (χ1) is 8.83. The lowest BCUT2D eigenvalue weighted by molar-refractivity contribution is -0.136. The van der Waals surface area contributed by atoms with Crippen LogP contribution >= 0.6 is 11.3 Å². The van der Waals surface area contributed by atoms with Crippen LogP contribution in [0.4, 0.5) is 5.13 Å². The molecule has 0 bridgehead atoms. The van der Waals surface area contributed by atoms with Gasteiger partial charge >= 0.3 is 5.97 Å². The fourth-order valence-electron chi connectivity index (χ4n) is 1.47. The average molecular weight is 282 g/mol. The number of esters is 1. The normalized spacial score (nSPS) is 12.5. The first-order valence-corrected chi connectivity index (χ1v) is 7.33. The van der Waals surface area contributed by atoms with Crippen molar-refractivity contribution in [2.75, 3.05) is 12.3 Å². The third-order valence-electron chi connectivity index (χ3n) is 2.33. The Labute approximate surface area is 118 Å². The van der Waals surface area contributed by atoms with Crippen LogP contribution in [0.2, 0.25) is 0 Å². The van der Waals surface area contributed by atoms with Gasteiger partial charge in [-0.1, -0.05) is 40.2 Å². The molecule has 0 saturated carbocycles. The molecule has 1 aromatic rings. The largest absolute Gasteiger partial charge is 0.462 e. The minimum atomic E-state index is -0.325. The van der Waals surface area contributed by atoms with Gasteiger partial charge in [-0.2, -0.15) is 0 Å². The number of rotatable bonds is 5. The first kappa shape index (κ1) is 15.7. The zero-order valence-electron chi connectivity index (χ0n) is 12.0. The first-order valence-electron chi connectivity index (χ1n) is 6.45. The van der Waals surface area contributed by atoms with Crippen molar-refractivity contribution in [2.24, 2.45) is 5.41 Å². The summed E-state index contributed by atoms with van der Waals surface area (Å²) in [5.74, 6) is -0.325. The van der Waals surface area contributed by atoms with E-state index in [1.54, 1.807) is 5.38 Å². The van der Waals surface area contributed by atoms with E-state index in [0.717, 1.165) is 12.8 Å². The lowest BCUT2D eigenvalue weighted by atomic mass is 9.92. The van der Waals surface area contributed by atoms with Gasteiger partial charge < -0.3 is 10.5 Å². The molecule has 19 heavy (non-hydrogen) atoms. The number of carbonyl (C=O) groups excluding carboxylic acids is 1. The molecule has 1 rings (SSSR count). The van der Waals surface area contributed by atoms with Crippen molar-refractivity contribution in [2.45, 2.75) is 40.5 Å². The fourth-order valence-corrected chi connectivity index (χ4v) is 2.03. The number of nitrogen functional groups attached to an aromatic ring is 1. The molecule has 0 aliphatic heterocycles. The molecule has 1 aromatic heterocycles. The predicted molar refractivity (Wildman–Crippen MR) is 79.8 cm³/mol. The van der Waals surface area contributed by atoms with Crippen LogP contribution in [0, 0.1) is 5.41 Å². The number of anilines is 1. The summed E-state index contributed by atoms with van der Waals surface area (Å²) >= 11 is 1.32. The Bertz CT molecular complexity index is 458. The van der Waals surface area contributed by atoms with Gasteiger partial charge in [0.05, 0.1) is 17.9 Å². The van der Waals surface area contributed by atoms with Gasteiger partial charge in [0.15, 0.2) is 5.13 Å². The SMILES string of the molecule is CCCCOC(=O)C(=CC(C)(C)C)c1csc(N)n1. The lowest BCUT2D eigenvalue weighted by Gasteiger charge is -2.15.